The van der Waals surface area contributed by atoms with Crippen LogP contribution in [-0.4, -0.2) is 20.1 Å². The van der Waals surface area contributed by atoms with E-state index in [1.165, 1.54) is 10.7 Å². The van der Waals surface area contributed by atoms with Crippen LogP contribution < -0.4 is 0 Å². The van der Waals surface area contributed by atoms with Gasteiger partial charge in [-0.05, 0) is 31.0 Å². The van der Waals surface area contributed by atoms with Crippen molar-refractivity contribution in [2.24, 2.45) is 0 Å². The second-order valence-electron chi connectivity index (χ2n) is 4.70. The molecule has 0 aliphatic carbocycles. The van der Waals surface area contributed by atoms with Crippen LogP contribution in [0.4, 0.5) is 13.2 Å². The monoisotopic (exact) mass is 299 g/mol. The van der Waals surface area contributed by atoms with E-state index in [1.54, 1.807) is 6.07 Å². The topological polar surface area (TPSA) is 50.9 Å². The van der Waals surface area contributed by atoms with Crippen molar-refractivity contribution in [1.82, 2.24) is 15.0 Å². The molecule has 4 nitrogen and oxygen atoms in total. The van der Waals surface area contributed by atoms with Gasteiger partial charge in [-0.15, -0.1) is 5.10 Å². The summed E-state index contributed by atoms with van der Waals surface area (Å²) in [7, 11) is 0. The summed E-state index contributed by atoms with van der Waals surface area (Å²) in [6, 6.07) is 4.92. The van der Waals surface area contributed by atoms with Gasteiger partial charge in [-0.1, -0.05) is 24.6 Å². The lowest BCUT2D eigenvalue weighted by molar-refractivity contribution is -0.137. The number of rotatable bonds is 5. The van der Waals surface area contributed by atoms with Gasteiger partial charge in [-0.25, -0.2) is 4.68 Å². The molecule has 0 saturated carbocycles. The number of unbranched alkanes of at least 4 members (excludes halogenated alkanes) is 1. The van der Waals surface area contributed by atoms with E-state index in [9.17, 15) is 18.3 Å². The highest BCUT2D eigenvalue weighted by Crippen LogP contribution is 2.30. The molecule has 0 fully saturated rings. The molecule has 0 radical (unpaired) electrons. The van der Waals surface area contributed by atoms with Gasteiger partial charge in [0.25, 0.3) is 0 Å². The zero-order chi connectivity index (χ0) is 15.5. The molecule has 1 heterocycles. The number of nitrogens with zero attached hydrogens (tertiary/aromatic N) is 3. The number of benzene rings is 1. The fourth-order valence-electron chi connectivity index (χ4n) is 2.07. The summed E-state index contributed by atoms with van der Waals surface area (Å²) in [6.07, 6.45) is -2.02. The lowest BCUT2D eigenvalue weighted by Crippen LogP contribution is -2.08. The Morgan fingerprint density at radius 1 is 1.29 bits per heavy atom. The van der Waals surface area contributed by atoms with Crippen LogP contribution in [0.5, 0.6) is 0 Å². The first-order valence-corrected chi connectivity index (χ1v) is 6.69. The fourth-order valence-corrected chi connectivity index (χ4v) is 2.07. The molecule has 0 atom stereocenters. The van der Waals surface area contributed by atoms with Gasteiger partial charge in [-0.3, -0.25) is 0 Å². The van der Waals surface area contributed by atoms with Crippen LogP contribution in [0.15, 0.2) is 24.3 Å². The summed E-state index contributed by atoms with van der Waals surface area (Å²) in [5, 5.41) is 17.0. The van der Waals surface area contributed by atoms with E-state index < -0.39 is 11.7 Å². The number of hydrogen-bond acceptors (Lipinski definition) is 3. The number of aliphatic hydroxyl groups excluding tert-OH is 1. The van der Waals surface area contributed by atoms with Crippen LogP contribution in [-0.2, 0) is 19.2 Å². The molecule has 1 N–H and O–H groups in total. The minimum Gasteiger partial charge on any atom is -0.390 e. The standard InChI is InChI=1S/C14H16F3N3O/c1-2-3-7-13-12(9-21)18-19-20(13)11-6-4-5-10(8-11)14(15,16)17/h4-6,8,21H,2-3,7,9H2,1H3. The van der Waals surface area contributed by atoms with Crippen molar-refractivity contribution in [3.8, 4) is 5.69 Å². The highest BCUT2D eigenvalue weighted by atomic mass is 19.4. The first kappa shape index (κ1) is 15.5. The van der Waals surface area contributed by atoms with E-state index in [1.807, 2.05) is 6.92 Å². The Morgan fingerprint density at radius 2 is 2.05 bits per heavy atom. The molecule has 0 saturated heterocycles. The van der Waals surface area contributed by atoms with Gasteiger partial charge in [0.2, 0.25) is 0 Å². The first-order valence-electron chi connectivity index (χ1n) is 6.69. The summed E-state index contributed by atoms with van der Waals surface area (Å²) in [5.74, 6) is 0. The summed E-state index contributed by atoms with van der Waals surface area (Å²) < 4.78 is 39.7. The van der Waals surface area contributed by atoms with Crippen molar-refractivity contribution in [2.75, 3.05) is 0 Å². The molecule has 0 spiro atoms. The van der Waals surface area contributed by atoms with Crippen molar-refractivity contribution in [3.05, 3.63) is 41.2 Å². The summed E-state index contributed by atoms with van der Waals surface area (Å²) >= 11 is 0. The molecule has 2 aromatic rings. The number of aromatic nitrogens is 3. The average Bonchev–Trinajstić information content (AvgIpc) is 2.87. The summed E-state index contributed by atoms with van der Waals surface area (Å²) in [4.78, 5) is 0. The second kappa shape index (κ2) is 6.26. The quantitative estimate of drug-likeness (QED) is 0.923. The minimum absolute atomic E-state index is 0.280. The summed E-state index contributed by atoms with van der Waals surface area (Å²) in [5.41, 5.74) is 0.616. The van der Waals surface area contributed by atoms with E-state index in [4.69, 9.17) is 0 Å². The Balaban J connectivity index is 2.44. The lowest BCUT2D eigenvalue weighted by atomic mass is 10.1. The van der Waals surface area contributed by atoms with E-state index in [-0.39, 0.29) is 6.61 Å². The Labute approximate surface area is 120 Å². The van der Waals surface area contributed by atoms with Gasteiger partial charge in [0, 0.05) is 0 Å². The molecule has 0 aliphatic heterocycles. The van der Waals surface area contributed by atoms with Gasteiger partial charge >= 0.3 is 6.18 Å². The first-order chi connectivity index (χ1) is 9.97. The average molecular weight is 299 g/mol. The predicted octanol–water partition coefficient (Wildman–Crippen LogP) is 3.12. The smallest absolute Gasteiger partial charge is 0.390 e. The zero-order valence-electron chi connectivity index (χ0n) is 11.6. The van der Waals surface area contributed by atoms with Crippen LogP contribution in [0.25, 0.3) is 5.69 Å². The van der Waals surface area contributed by atoms with Crippen LogP contribution in [0.2, 0.25) is 0 Å². The molecule has 0 unspecified atom stereocenters. The second-order valence-corrected chi connectivity index (χ2v) is 4.70. The van der Waals surface area contributed by atoms with Crippen LogP contribution in [0, 0.1) is 0 Å². The van der Waals surface area contributed by atoms with Crippen molar-refractivity contribution in [3.63, 3.8) is 0 Å². The Hall–Kier alpha value is -1.89. The zero-order valence-corrected chi connectivity index (χ0v) is 11.6. The van der Waals surface area contributed by atoms with E-state index in [2.05, 4.69) is 10.3 Å². The molecule has 7 heteroatoms. The third-order valence-electron chi connectivity index (χ3n) is 3.18. The Bertz CT molecular complexity index is 608. The van der Waals surface area contributed by atoms with Gasteiger partial charge in [0.1, 0.15) is 5.69 Å². The normalized spacial score (nSPS) is 11.9. The Morgan fingerprint density at radius 3 is 2.67 bits per heavy atom. The molecule has 0 bridgehead atoms. The molecule has 0 amide bonds. The van der Waals surface area contributed by atoms with Crippen molar-refractivity contribution in [2.45, 2.75) is 39.0 Å². The van der Waals surface area contributed by atoms with Crippen molar-refractivity contribution >= 4 is 0 Å². The fraction of sp³-hybridized carbons (Fsp3) is 0.429. The third-order valence-corrected chi connectivity index (χ3v) is 3.18. The molecular weight excluding hydrogens is 283 g/mol. The van der Waals surface area contributed by atoms with Gasteiger partial charge < -0.3 is 5.11 Å². The third kappa shape index (κ3) is 3.41. The molecule has 1 aromatic carbocycles. The van der Waals surface area contributed by atoms with E-state index >= 15 is 0 Å². The van der Waals surface area contributed by atoms with Crippen LogP contribution >= 0.6 is 0 Å². The largest absolute Gasteiger partial charge is 0.416 e. The van der Waals surface area contributed by atoms with Gasteiger partial charge in [0.05, 0.1) is 23.6 Å². The van der Waals surface area contributed by atoms with Crippen molar-refractivity contribution in [1.29, 1.82) is 0 Å². The van der Waals surface area contributed by atoms with E-state index in [0.29, 0.717) is 23.5 Å². The maximum atomic E-state index is 12.8. The minimum atomic E-state index is -4.40. The lowest BCUT2D eigenvalue weighted by Gasteiger charge is -2.10. The molecule has 2 rings (SSSR count). The van der Waals surface area contributed by atoms with Gasteiger partial charge in [-0.2, -0.15) is 13.2 Å². The molecule has 21 heavy (non-hydrogen) atoms. The molecule has 1 aromatic heterocycles. The van der Waals surface area contributed by atoms with Crippen LogP contribution in [0.1, 0.15) is 36.7 Å². The van der Waals surface area contributed by atoms with E-state index in [0.717, 1.165) is 25.0 Å². The Kier molecular flexibility index (Phi) is 4.62. The number of hydrogen-bond donors (Lipinski definition) is 1. The maximum Gasteiger partial charge on any atom is 0.416 e. The van der Waals surface area contributed by atoms with Crippen molar-refractivity contribution < 1.29 is 18.3 Å². The highest BCUT2D eigenvalue weighted by Gasteiger charge is 2.30. The number of alkyl halides is 3. The van der Waals surface area contributed by atoms with Gasteiger partial charge in [0.15, 0.2) is 0 Å². The highest BCUT2D eigenvalue weighted by molar-refractivity contribution is 5.38. The molecular formula is C14H16F3N3O. The molecule has 114 valence electrons. The predicted molar refractivity (Wildman–Crippen MR) is 70.9 cm³/mol. The maximum absolute atomic E-state index is 12.8. The number of aliphatic hydroxyl groups is 1. The SMILES string of the molecule is CCCCc1c(CO)nnn1-c1cccc(C(F)(F)F)c1. The van der Waals surface area contributed by atoms with Crippen LogP contribution in [0.3, 0.4) is 0 Å². The molecule has 0 aliphatic rings. The summed E-state index contributed by atoms with van der Waals surface area (Å²) in [6.45, 7) is 1.73. The number of halogens is 3.